The summed E-state index contributed by atoms with van der Waals surface area (Å²) < 4.78 is 1.33. The topological polar surface area (TPSA) is 86.5 Å². The summed E-state index contributed by atoms with van der Waals surface area (Å²) in [5.41, 5.74) is 3.79. The quantitative estimate of drug-likeness (QED) is 0.590. The summed E-state index contributed by atoms with van der Waals surface area (Å²) in [6, 6.07) is 10.7. The van der Waals surface area contributed by atoms with E-state index in [2.05, 4.69) is 21.0 Å². The van der Waals surface area contributed by atoms with E-state index in [0.717, 1.165) is 16.9 Å². The van der Waals surface area contributed by atoms with Crippen molar-refractivity contribution in [3.8, 4) is 5.75 Å². The first-order chi connectivity index (χ1) is 12.5. The third-order valence-electron chi connectivity index (χ3n) is 4.26. The van der Waals surface area contributed by atoms with E-state index in [1.165, 1.54) is 22.1 Å². The Kier molecular flexibility index (Phi) is 3.93. The van der Waals surface area contributed by atoms with Gasteiger partial charge in [0, 0.05) is 18.8 Å². The molecule has 2 N–H and O–H groups in total. The van der Waals surface area contributed by atoms with Crippen LogP contribution in [0.3, 0.4) is 0 Å². The van der Waals surface area contributed by atoms with E-state index in [-0.39, 0.29) is 17.0 Å². The van der Waals surface area contributed by atoms with Crippen molar-refractivity contribution >= 4 is 16.7 Å². The number of aromatic nitrogens is 4. The molecular weight excluding hydrogens is 330 g/mol. The molecular formula is C19H19N5O2. The van der Waals surface area contributed by atoms with E-state index in [4.69, 9.17) is 0 Å². The zero-order chi connectivity index (χ0) is 18.3. The Bertz CT molecular complexity index is 1160. The Hall–Kier alpha value is -3.19. The van der Waals surface area contributed by atoms with Crippen molar-refractivity contribution in [2.24, 2.45) is 0 Å². The van der Waals surface area contributed by atoms with Gasteiger partial charge in [0.1, 0.15) is 5.82 Å². The van der Waals surface area contributed by atoms with Gasteiger partial charge in [-0.05, 0) is 43.8 Å². The fourth-order valence-corrected chi connectivity index (χ4v) is 3.08. The summed E-state index contributed by atoms with van der Waals surface area (Å²) in [4.78, 5) is 26.6. The van der Waals surface area contributed by atoms with Crippen LogP contribution in [0.1, 0.15) is 17.1 Å². The highest BCUT2D eigenvalue weighted by atomic mass is 16.3. The number of hydrogen-bond donors (Lipinski definition) is 2. The van der Waals surface area contributed by atoms with Gasteiger partial charge in [0.25, 0.3) is 5.56 Å². The van der Waals surface area contributed by atoms with Crippen molar-refractivity contribution in [2.75, 3.05) is 7.05 Å². The molecule has 3 heterocycles. The van der Waals surface area contributed by atoms with Crippen molar-refractivity contribution in [3.63, 3.8) is 0 Å². The van der Waals surface area contributed by atoms with Crippen LogP contribution < -0.4 is 5.56 Å². The molecule has 4 aromatic rings. The largest absolute Gasteiger partial charge is 0.504 e. The number of pyridine rings is 1. The summed E-state index contributed by atoms with van der Waals surface area (Å²) >= 11 is 0. The highest BCUT2D eigenvalue weighted by molar-refractivity contribution is 5.75. The predicted molar refractivity (Wildman–Crippen MR) is 99.1 cm³/mol. The number of hydrogen-bond acceptors (Lipinski definition) is 5. The maximum absolute atomic E-state index is 12.2. The number of imidazole rings is 1. The maximum Gasteiger partial charge on any atom is 0.258 e. The third-order valence-corrected chi connectivity index (χ3v) is 4.26. The molecule has 0 bridgehead atoms. The number of rotatable bonds is 4. The second kappa shape index (κ2) is 6.27. The molecule has 0 atom stereocenters. The minimum Gasteiger partial charge on any atom is -0.504 e. The van der Waals surface area contributed by atoms with Crippen LogP contribution in [0.15, 0.2) is 47.4 Å². The Labute approximate surface area is 149 Å². The molecule has 132 valence electrons. The van der Waals surface area contributed by atoms with E-state index >= 15 is 0 Å². The van der Waals surface area contributed by atoms with Crippen LogP contribution in [0, 0.1) is 6.92 Å². The van der Waals surface area contributed by atoms with Crippen LogP contribution in [-0.2, 0) is 13.1 Å². The van der Waals surface area contributed by atoms with Gasteiger partial charge in [-0.1, -0.05) is 6.07 Å². The molecule has 0 radical (unpaired) electrons. The number of benzene rings is 1. The number of aromatic amines is 1. The fraction of sp³-hybridized carbons (Fsp3) is 0.211. The lowest BCUT2D eigenvalue weighted by Gasteiger charge is -2.15. The number of fused-ring (bicyclic) bond motifs is 2. The van der Waals surface area contributed by atoms with E-state index in [1.807, 2.05) is 31.0 Å². The zero-order valence-electron chi connectivity index (χ0n) is 14.6. The second-order valence-corrected chi connectivity index (χ2v) is 6.55. The van der Waals surface area contributed by atoms with Crippen molar-refractivity contribution in [1.29, 1.82) is 0 Å². The van der Waals surface area contributed by atoms with Crippen LogP contribution in [0.25, 0.3) is 16.7 Å². The molecule has 0 aliphatic carbocycles. The summed E-state index contributed by atoms with van der Waals surface area (Å²) in [5, 5.41) is 9.94. The lowest BCUT2D eigenvalue weighted by Crippen LogP contribution is -2.22. The van der Waals surface area contributed by atoms with Crippen LogP contribution in [-0.4, -0.2) is 36.4 Å². The van der Waals surface area contributed by atoms with Gasteiger partial charge in [-0.3, -0.25) is 14.1 Å². The number of aromatic hydroxyl groups is 1. The maximum atomic E-state index is 12.2. The molecule has 3 aromatic heterocycles. The van der Waals surface area contributed by atoms with Crippen molar-refractivity contribution < 1.29 is 5.11 Å². The molecule has 0 fully saturated rings. The molecule has 7 nitrogen and oxygen atoms in total. The summed E-state index contributed by atoms with van der Waals surface area (Å²) in [7, 11) is 1.94. The first-order valence-corrected chi connectivity index (χ1v) is 8.34. The van der Waals surface area contributed by atoms with Crippen LogP contribution in [0.4, 0.5) is 0 Å². The minimum atomic E-state index is -0.214. The first kappa shape index (κ1) is 16.3. The minimum absolute atomic E-state index is 0.0123. The molecule has 0 aliphatic rings. The lowest BCUT2D eigenvalue weighted by atomic mass is 10.2. The Morgan fingerprint density at radius 3 is 2.88 bits per heavy atom. The molecule has 0 aliphatic heterocycles. The van der Waals surface area contributed by atoms with Crippen LogP contribution >= 0.6 is 0 Å². The number of H-pyrrole nitrogens is 1. The van der Waals surface area contributed by atoms with Crippen molar-refractivity contribution in [2.45, 2.75) is 20.0 Å². The van der Waals surface area contributed by atoms with Gasteiger partial charge in [0.05, 0.1) is 23.3 Å². The monoisotopic (exact) mass is 349 g/mol. The standard InChI is InChI=1S/C19H19N5O2/c1-12-5-6-14-15(8-12)22-17(21-14)11-23(2)10-13-9-18(26)24-7-3-4-16(25)19(24)20-13/h3-9,25H,10-11H2,1-2H3,(H,21,22). The average Bonchev–Trinajstić information content (AvgIpc) is 2.97. The predicted octanol–water partition coefficient (Wildman–Crippen LogP) is 2.22. The molecule has 0 saturated carbocycles. The summed E-state index contributed by atoms with van der Waals surface area (Å²) in [6.45, 7) is 3.11. The highest BCUT2D eigenvalue weighted by Gasteiger charge is 2.10. The van der Waals surface area contributed by atoms with Gasteiger partial charge in [-0.25, -0.2) is 9.97 Å². The zero-order valence-corrected chi connectivity index (χ0v) is 14.6. The van der Waals surface area contributed by atoms with E-state index < -0.39 is 0 Å². The number of nitrogens with zero attached hydrogens (tertiary/aromatic N) is 4. The van der Waals surface area contributed by atoms with Crippen molar-refractivity contribution in [1.82, 2.24) is 24.3 Å². The summed E-state index contributed by atoms with van der Waals surface area (Å²) in [6.07, 6.45) is 1.59. The van der Waals surface area contributed by atoms with Crippen LogP contribution in [0.2, 0.25) is 0 Å². The number of nitrogens with one attached hydrogen (secondary N) is 1. The molecule has 0 saturated heterocycles. The van der Waals surface area contributed by atoms with Crippen molar-refractivity contribution in [3.05, 3.63) is 70.0 Å². The van der Waals surface area contributed by atoms with Gasteiger partial charge in [0.2, 0.25) is 0 Å². The SMILES string of the molecule is Cc1ccc2nc(CN(C)Cc3cc(=O)n4cccc(O)c4n3)[nH]c2c1. The smallest absolute Gasteiger partial charge is 0.258 e. The lowest BCUT2D eigenvalue weighted by molar-refractivity contribution is 0.308. The molecule has 7 heteroatoms. The third kappa shape index (κ3) is 3.04. The Balaban J connectivity index is 1.57. The van der Waals surface area contributed by atoms with Gasteiger partial charge in [-0.15, -0.1) is 0 Å². The van der Waals surface area contributed by atoms with E-state index in [1.54, 1.807) is 12.3 Å². The average molecular weight is 349 g/mol. The molecule has 26 heavy (non-hydrogen) atoms. The van der Waals surface area contributed by atoms with Gasteiger partial charge < -0.3 is 10.1 Å². The molecule has 4 rings (SSSR count). The summed E-state index contributed by atoms with van der Waals surface area (Å²) in [5.74, 6) is 0.843. The molecule has 1 aromatic carbocycles. The molecule has 0 unspecified atom stereocenters. The van der Waals surface area contributed by atoms with Crippen LogP contribution in [0.5, 0.6) is 5.75 Å². The molecule has 0 spiro atoms. The molecule has 0 amide bonds. The Morgan fingerprint density at radius 1 is 1.19 bits per heavy atom. The van der Waals surface area contributed by atoms with Gasteiger partial charge in [0.15, 0.2) is 11.4 Å². The van der Waals surface area contributed by atoms with E-state index in [9.17, 15) is 9.90 Å². The van der Waals surface area contributed by atoms with Gasteiger partial charge in [-0.2, -0.15) is 0 Å². The van der Waals surface area contributed by atoms with Gasteiger partial charge >= 0.3 is 0 Å². The Morgan fingerprint density at radius 2 is 2.04 bits per heavy atom. The van der Waals surface area contributed by atoms with E-state index in [0.29, 0.717) is 18.8 Å². The number of aryl methyl sites for hydroxylation is 1. The normalized spacial score (nSPS) is 11.7. The first-order valence-electron chi connectivity index (χ1n) is 8.34. The second-order valence-electron chi connectivity index (χ2n) is 6.55. The highest BCUT2D eigenvalue weighted by Crippen LogP contribution is 2.16. The fourth-order valence-electron chi connectivity index (χ4n) is 3.08.